The smallest absolute Gasteiger partial charge is 0.139 e. The lowest BCUT2D eigenvalue weighted by molar-refractivity contribution is -0.206. The van der Waals surface area contributed by atoms with Gasteiger partial charge in [0.1, 0.15) is 5.78 Å². The van der Waals surface area contributed by atoms with E-state index in [1.807, 2.05) is 0 Å². The van der Waals surface area contributed by atoms with Crippen LogP contribution in [0.1, 0.15) is 40.0 Å². The van der Waals surface area contributed by atoms with Crippen LogP contribution in [0.3, 0.4) is 0 Å². The highest BCUT2D eigenvalue weighted by Gasteiger charge is 2.68. The van der Waals surface area contributed by atoms with Gasteiger partial charge in [-0.2, -0.15) is 0 Å². The largest absolute Gasteiger partial charge is 0.299 e. The summed E-state index contributed by atoms with van der Waals surface area (Å²) in [5, 5.41) is 0. The van der Waals surface area contributed by atoms with Crippen molar-refractivity contribution in [2.75, 3.05) is 0 Å². The Labute approximate surface area is 79.9 Å². The van der Waals surface area contributed by atoms with Gasteiger partial charge < -0.3 is 0 Å². The summed E-state index contributed by atoms with van der Waals surface area (Å²) in [6, 6.07) is 0. The van der Waals surface area contributed by atoms with Crippen molar-refractivity contribution >= 4 is 5.78 Å². The number of rotatable bonds is 0. The van der Waals surface area contributed by atoms with Crippen LogP contribution < -0.4 is 0 Å². The molecule has 0 aromatic carbocycles. The molecule has 5 rings (SSSR count). The average Bonchev–Trinajstić information content (AvgIpc) is 1.90. The fourth-order valence-corrected chi connectivity index (χ4v) is 4.94. The molecule has 0 spiro atoms. The highest BCUT2D eigenvalue weighted by Crippen LogP contribution is 2.71. The van der Waals surface area contributed by atoms with Crippen LogP contribution in [-0.4, -0.2) is 5.78 Å². The van der Waals surface area contributed by atoms with Gasteiger partial charge >= 0.3 is 0 Å². The molecule has 0 aliphatic heterocycles. The first-order chi connectivity index (χ1) is 5.94. The molecule has 5 fully saturated rings. The van der Waals surface area contributed by atoms with Gasteiger partial charge in [-0.05, 0) is 36.0 Å². The molecule has 13 heavy (non-hydrogen) atoms. The molecular formula is C12H18O. The second kappa shape index (κ2) is 1.87. The van der Waals surface area contributed by atoms with Gasteiger partial charge in [0.05, 0.1) is 0 Å². The quantitative estimate of drug-likeness (QED) is 0.557. The molecule has 1 heteroatoms. The summed E-state index contributed by atoms with van der Waals surface area (Å²) in [5.74, 6) is 2.18. The van der Waals surface area contributed by atoms with Gasteiger partial charge in [-0.1, -0.05) is 20.8 Å². The van der Waals surface area contributed by atoms with Crippen LogP contribution in [0.4, 0.5) is 0 Å². The molecule has 0 saturated heterocycles. The van der Waals surface area contributed by atoms with Crippen molar-refractivity contribution < 1.29 is 4.79 Å². The molecule has 4 bridgehead atoms. The lowest BCUT2D eigenvalue weighted by Crippen LogP contribution is -2.66. The Morgan fingerprint density at radius 2 is 1.85 bits per heavy atom. The van der Waals surface area contributed by atoms with Crippen LogP contribution in [-0.2, 0) is 4.79 Å². The second-order valence-corrected chi connectivity index (χ2v) is 6.44. The number of hydrogen-bond acceptors (Lipinski definition) is 1. The predicted molar refractivity (Wildman–Crippen MR) is 51.2 cm³/mol. The Bertz CT molecular complexity index is 274. The zero-order chi connectivity index (χ0) is 9.43. The predicted octanol–water partition coefficient (Wildman–Crippen LogP) is 2.65. The minimum atomic E-state index is 0.420. The summed E-state index contributed by atoms with van der Waals surface area (Å²) >= 11 is 0. The summed E-state index contributed by atoms with van der Waals surface area (Å²) in [6.45, 7) is 7.12. The van der Waals surface area contributed by atoms with E-state index in [0.717, 1.165) is 6.42 Å². The maximum atomic E-state index is 11.9. The van der Waals surface area contributed by atoms with Gasteiger partial charge in [0, 0.05) is 11.8 Å². The third-order valence-electron chi connectivity index (χ3n) is 4.93. The molecule has 4 unspecified atom stereocenters. The van der Waals surface area contributed by atoms with Crippen molar-refractivity contribution in [3.8, 4) is 0 Å². The molecule has 0 heterocycles. The summed E-state index contributed by atoms with van der Waals surface area (Å²) in [7, 11) is 0. The van der Waals surface area contributed by atoms with E-state index >= 15 is 0 Å². The standard InChI is InChI=1S/C12H18O/c1-11(2)4-7-5-12(3)6-8(9(7)13)10(11)12/h7-8,10H,4-6H2,1-3H3. The Morgan fingerprint density at radius 1 is 1.15 bits per heavy atom. The van der Waals surface area contributed by atoms with Gasteiger partial charge in [0.15, 0.2) is 0 Å². The fraction of sp³-hybridized carbons (Fsp3) is 0.917. The maximum absolute atomic E-state index is 11.9. The number of carbonyl (C=O) groups is 1. The van der Waals surface area contributed by atoms with Gasteiger partial charge in [-0.3, -0.25) is 4.79 Å². The number of hydrogen-bond donors (Lipinski definition) is 0. The van der Waals surface area contributed by atoms with E-state index < -0.39 is 0 Å². The molecular weight excluding hydrogens is 160 g/mol. The SMILES string of the molecule is CC1(C)CC2CC3(C)CC(C2=O)C13. The van der Waals surface area contributed by atoms with E-state index in [1.54, 1.807) is 0 Å². The van der Waals surface area contributed by atoms with Crippen molar-refractivity contribution in [1.82, 2.24) is 0 Å². The van der Waals surface area contributed by atoms with Crippen LogP contribution in [0.15, 0.2) is 0 Å². The van der Waals surface area contributed by atoms with Gasteiger partial charge in [-0.15, -0.1) is 0 Å². The molecule has 5 aliphatic carbocycles. The molecule has 4 atom stereocenters. The molecule has 0 N–H and O–H groups in total. The summed E-state index contributed by atoms with van der Waals surface area (Å²) in [4.78, 5) is 11.9. The molecule has 1 nitrogen and oxygen atoms in total. The van der Waals surface area contributed by atoms with Gasteiger partial charge in [0.25, 0.3) is 0 Å². The molecule has 0 amide bonds. The molecule has 5 saturated carbocycles. The minimum Gasteiger partial charge on any atom is -0.299 e. The zero-order valence-corrected chi connectivity index (χ0v) is 8.76. The Kier molecular flexibility index (Phi) is 1.15. The van der Waals surface area contributed by atoms with E-state index in [1.165, 1.54) is 12.8 Å². The Morgan fingerprint density at radius 3 is 2.31 bits per heavy atom. The Hall–Kier alpha value is -0.330. The topological polar surface area (TPSA) is 17.1 Å². The molecule has 72 valence electrons. The summed E-state index contributed by atoms with van der Waals surface area (Å²) in [6.07, 6.45) is 3.54. The first-order valence-electron chi connectivity index (χ1n) is 5.48. The van der Waals surface area contributed by atoms with Crippen LogP contribution in [0.2, 0.25) is 0 Å². The lowest BCUT2D eigenvalue weighted by Gasteiger charge is -2.69. The Balaban J connectivity index is 2.06. The summed E-state index contributed by atoms with van der Waals surface area (Å²) in [5.41, 5.74) is 0.972. The van der Waals surface area contributed by atoms with Crippen LogP contribution in [0.25, 0.3) is 0 Å². The van der Waals surface area contributed by atoms with Crippen molar-refractivity contribution in [3.05, 3.63) is 0 Å². The third-order valence-corrected chi connectivity index (χ3v) is 4.93. The van der Waals surface area contributed by atoms with Crippen molar-refractivity contribution in [2.24, 2.45) is 28.6 Å². The molecule has 0 aromatic rings. The van der Waals surface area contributed by atoms with E-state index in [2.05, 4.69) is 20.8 Å². The minimum absolute atomic E-state index is 0.420. The van der Waals surface area contributed by atoms with Crippen LogP contribution in [0.5, 0.6) is 0 Å². The monoisotopic (exact) mass is 178 g/mol. The normalized spacial score (nSPS) is 56.2. The van der Waals surface area contributed by atoms with E-state index in [9.17, 15) is 4.79 Å². The van der Waals surface area contributed by atoms with Gasteiger partial charge in [-0.25, -0.2) is 0 Å². The number of fused-ring (bicyclic) bond motifs is 1. The first kappa shape index (κ1) is 8.02. The van der Waals surface area contributed by atoms with E-state index in [-0.39, 0.29) is 0 Å². The average molecular weight is 178 g/mol. The van der Waals surface area contributed by atoms with E-state index in [0.29, 0.717) is 34.4 Å². The van der Waals surface area contributed by atoms with Crippen molar-refractivity contribution in [1.29, 1.82) is 0 Å². The lowest BCUT2D eigenvalue weighted by atomic mass is 9.34. The van der Waals surface area contributed by atoms with Crippen LogP contribution >= 0.6 is 0 Å². The zero-order valence-electron chi connectivity index (χ0n) is 8.76. The first-order valence-corrected chi connectivity index (χ1v) is 5.48. The maximum Gasteiger partial charge on any atom is 0.139 e. The molecule has 5 aliphatic rings. The van der Waals surface area contributed by atoms with Crippen molar-refractivity contribution in [2.45, 2.75) is 40.0 Å². The van der Waals surface area contributed by atoms with Crippen LogP contribution in [0, 0.1) is 28.6 Å². The fourth-order valence-electron chi connectivity index (χ4n) is 4.94. The summed E-state index contributed by atoms with van der Waals surface area (Å²) < 4.78 is 0. The third kappa shape index (κ3) is 0.730. The molecule has 0 aromatic heterocycles. The highest BCUT2D eigenvalue weighted by molar-refractivity contribution is 5.88. The molecule has 0 radical (unpaired) electrons. The highest BCUT2D eigenvalue weighted by atomic mass is 16.1. The van der Waals surface area contributed by atoms with Crippen molar-refractivity contribution in [3.63, 3.8) is 0 Å². The van der Waals surface area contributed by atoms with Gasteiger partial charge in [0.2, 0.25) is 0 Å². The number of carbonyl (C=O) groups excluding carboxylic acids is 1. The van der Waals surface area contributed by atoms with E-state index in [4.69, 9.17) is 0 Å². The second-order valence-electron chi connectivity index (χ2n) is 6.44. The number of ketones is 1. The number of Topliss-reactive ketones (excluding diaryl/α,β-unsaturated/α-hetero) is 1.